The molecule has 0 radical (unpaired) electrons. The van der Waals surface area contributed by atoms with E-state index in [0.717, 1.165) is 5.33 Å². The molecule has 1 aliphatic rings. The van der Waals surface area contributed by atoms with Crippen LogP contribution in [0.3, 0.4) is 0 Å². The van der Waals surface area contributed by atoms with Crippen molar-refractivity contribution >= 4 is 37.8 Å². The lowest BCUT2D eigenvalue weighted by atomic mass is 10.1. The normalized spacial score (nSPS) is 28.2. The van der Waals surface area contributed by atoms with Gasteiger partial charge in [0.2, 0.25) is 0 Å². The van der Waals surface area contributed by atoms with Crippen molar-refractivity contribution in [3.8, 4) is 0 Å². The first kappa shape index (κ1) is 8.53. The van der Waals surface area contributed by atoms with Crippen LogP contribution < -0.4 is 0 Å². The number of cyclic esters (lactones) is 1. The Balaban J connectivity index is 2.36. The van der Waals surface area contributed by atoms with Gasteiger partial charge in [0.1, 0.15) is 0 Å². The van der Waals surface area contributed by atoms with Crippen molar-refractivity contribution < 1.29 is 9.53 Å². The van der Waals surface area contributed by atoms with Crippen LogP contribution in [0, 0.1) is 5.92 Å². The van der Waals surface area contributed by atoms with Gasteiger partial charge >= 0.3 is 5.97 Å². The average Bonchev–Trinajstić information content (AvgIpc) is 2.34. The van der Waals surface area contributed by atoms with E-state index < -0.39 is 0 Å². The second-order valence-corrected chi connectivity index (χ2v) is 4.14. The Hall–Kier alpha value is 0.430. The molecule has 58 valence electrons. The zero-order chi connectivity index (χ0) is 7.56. The van der Waals surface area contributed by atoms with Crippen LogP contribution in [-0.2, 0) is 9.53 Å². The first-order valence-electron chi connectivity index (χ1n) is 3.09. The predicted octanol–water partition coefficient (Wildman–Crippen LogP) is 1.71. The van der Waals surface area contributed by atoms with E-state index in [9.17, 15) is 4.79 Å². The largest absolute Gasteiger partial charge is 0.465 e. The van der Waals surface area contributed by atoms with E-state index >= 15 is 0 Å². The molecule has 0 aromatic heterocycles. The molecule has 2 unspecified atom stereocenters. The summed E-state index contributed by atoms with van der Waals surface area (Å²) in [4.78, 5) is 11.0. The Morgan fingerprint density at radius 2 is 2.50 bits per heavy atom. The summed E-state index contributed by atoms with van der Waals surface area (Å²) >= 11 is 6.78. The molecule has 0 aromatic carbocycles. The van der Waals surface area contributed by atoms with Crippen LogP contribution in [0.5, 0.6) is 0 Å². The van der Waals surface area contributed by atoms with E-state index in [1.165, 1.54) is 0 Å². The molecule has 0 aromatic rings. The maximum Gasteiger partial charge on any atom is 0.306 e. The molecule has 0 saturated carbocycles. The molecule has 1 fully saturated rings. The molecule has 1 heterocycles. The Morgan fingerprint density at radius 1 is 1.80 bits per heavy atom. The second kappa shape index (κ2) is 3.72. The molecular formula is C6H8Br2O2. The monoisotopic (exact) mass is 270 g/mol. The van der Waals surface area contributed by atoms with Crippen molar-refractivity contribution in [1.82, 2.24) is 0 Å². The highest BCUT2D eigenvalue weighted by atomic mass is 79.9. The number of alkyl halides is 2. The van der Waals surface area contributed by atoms with Gasteiger partial charge in [0, 0.05) is 16.1 Å². The molecule has 0 spiro atoms. The van der Waals surface area contributed by atoms with E-state index in [-0.39, 0.29) is 5.97 Å². The Kier molecular flexibility index (Phi) is 3.17. The van der Waals surface area contributed by atoms with Crippen LogP contribution in [-0.4, -0.2) is 22.7 Å². The minimum absolute atomic E-state index is 0.0737. The third-order valence-corrected chi connectivity index (χ3v) is 4.18. The van der Waals surface area contributed by atoms with Gasteiger partial charge in [-0.25, -0.2) is 0 Å². The molecule has 0 bridgehead atoms. The lowest BCUT2D eigenvalue weighted by Gasteiger charge is -2.09. The van der Waals surface area contributed by atoms with Gasteiger partial charge in [-0.1, -0.05) is 31.9 Å². The first-order chi connectivity index (χ1) is 4.74. The molecule has 1 saturated heterocycles. The van der Waals surface area contributed by atoms with Crippen molar-refractivity contribution in [2.75, 3.05) is 11.9 Å². The summed E-state index contributed by atoms with van der Waals surface area (Å²) in [7, 11) is 0. The zero-order valence-electron chi connectivity index (χ0n) is 5.35. The number of ether oxygens (including phenoxy) is 1. The molecule has 4 heteroatoms. The number of hydrogen-bond acceptors (Lipinski definition) is 2. The Labute approximate surface area is 76.6 Å². The Bertz CT molecular complexity index is 138. The highest BCUT2D eigenvalue weighted by Crippen LogP contribution is 2.24. The quantitative estimate of drug-likeness (QED) is 0.565. The van der Waals surface area contributed by atoms with Crippen molar-refractivity contribution in [2.45, 2.75) is 11.2 Å². The van der Waals surface area contributed by atoms with Crippen molar-refractivity contribution in [2.24, 2.45) is 5.92 Å². The molecule has 0 amide bonds. The smallest absolute Gasteiger partial charge is 0.306 e. The lowest BCUT2D eigenvalue weighted by Crippen LogP contribution is -2.15. The van der Waals surface area contributed by atoms with Crippen molar-refractivity contribution in [3.63, 3.8) is 0 Å². The summed E-state index contributed by atoms with van der Waals surface area (Å²) in [6.07, 6.45) is 0.557. The van der Waals surface area contributed by atoms with E-state index in [1.54, 1.807) is 0 Å². The molecule has 2 nitrogen and oxygen atoms in total. The molecule has 10 heavy (non-hydrogen) atoms. The number of carbonyl (C=O) groups is 1. The lowest BCUT2D eigenvalue weighted by molar-refractivity contribution is -0.137. The Morgan fingerprint density at radius 3 is 2.90 bits per heavy atom. The van der Waals surface area contributed by atoms with Gasteiger partial charge < -0.3 is 4.74 Å². The number of hydrogen-bond donors (Lipinski definition) is 0. The van der Waals surface area contributed by atoms with Crippen LogP contribution in [0.1, 0.15) is 6.42 Å². The molecule has 1 aliphatic heterocycles. The SMILES string of the molecule is O=C1CC(C(Br)CBr)CO1. The zero-order valence-corrected chi connectivity index (χ0v) is 8.52. The number of rotatable bonds is 2. The summed E-state index contributed by atoms with van der Waals surface area (Å²) in [5.74, 6) is 0.280. The predicted molar refractivity (Wildman–Crippen MR) is 45.6 cm³/mol. The molecule has 2 atom stereocenters. The summed E-state index contributed by atoms with van der Waals surface area (Å²) in [6.45, 7) is 0.570. The summed E-state index contributed by atoms with van der Waals surface area (Å²) in [5, 5.41) is 0.869. The van der Waals surface area contributed by atoms with Gasteiger partial charge in [0.05, 0.1) is 13.0 Å². The molecule has 0 aliphatic carbocycles. The van der Waals surface area contributed by atoms with Crippen LogP contribution >= 0.6 is 31.9 Å². The summed E-state index contributed by atoms with van der Waals surface area (Å²) < 4.78 is 4.80. The van der Waals surface area contributed by atoms with Crippen LogP contribution in [0.4, 0.5) is 0 Å². The third kappa shape index (κ3) is 1.95. The second-order valence-electron chi connectivity index (χ2n) is 2.32. The standard InChI is InChI=1S/C6H8Br2O2/c7-2-5(8)4-1-6(9)10-3-4/h4-5H,1-3H2. The van der Waals surface area contributed by atoms with Gasteiger partial charge in [-0.2, -0.15) is 0 Å². The van der Waals surface area contributed by atoms with E-state index in [2.05, 4.69) is 31.9 Å². The number of esters is 1. The third-order valence-electron chi connectivity index (χ3n) is 1.55. The maximum absolute atomic E-state index is 10.6. The van der Waals surface area contributed by atoms with Gasteiger partial charge in [-0.15, -0.1) is 0 Å². The summed E-state index contributed by atoms with van der Waals surface area (Å²) in [6, 6.07) is 0. The summed E-state index contributed by atoms with van der Waals surface area (Å²) in [5.41, 5.74) is 0. The molecule has 0 N–H and O–H groups in total. The van der Waals surface area contributed by atoms with E-state index in [4.69, 9.17) is 4.74 Å². The molecule has 1 rings (SSSR count). The van der Waals surface area contributed by atoms with Crippen LogP contribution in [0.2, 0.25) is 0 Å². The number of halogens is 2. The van der Waals surface area contributed by atoms with Gasteiger partial charge in [-0.05, 0) is 0 Å². The highest BCUT2D eigenvalue weighted by Gasteiger charge is 2.28. The average molecular weight is 272 g/mol. The van der Waals surface area contributed by atoms with E-state index in [0.29, 0.717) is 23.8 Å². The van der Waals surface area contributed by atoms with Crippen LogP contribution in [0.15, 0.2) is 0 Å². The minimum Gasteiger partial charge on any atom is -0.465 e. The first-order valence-corrected chi connectivity index (χ1v) is 5.13. The van der Waals surface area contributed by atoms with Gasteiger partial charge in [0.25, 0.3) is 0 Å². The molecular weight excluding hydrogens is 264 g/mol. The van der Waals surface area contributed by atoms with Gasteiger partial charge in [-0.3, -0.25) is 4.79 Å². The minimum atomic E-state index is -0.0737. The van der Waals surface area contributed by atoms with Crippen LogP contribution in [0.25, 0.3) is 0 Å². The van der Waals surface area contributed by atoms with Crippen molar-refractivity contribution in [1.29, 1.82) is 0 Å². The topological polar surface area (TPSA) is 26.3 Å². The highest BCUT2D eigenvalue weighted by molar-refractivity contribution is 9.12. The fourth-order valence-corrected chi connectivity index (χ4v) is 1.76. The fraction of sp³-hybridized carbons (Fsp3) is 0.833. The maximum atomic E-state index is 10.6. The van der Waals surface area contributed by atoms with Gasteiger partial charge in [0.15, 0.2) is 0 Å². The van der Waals surface area contributed by atoms with E-state index in [1.807, 2.05) is 0 Å². The fourth-order valence-electron chi connectivity index (χ4n) is 0.890. The van der Waals surface area contributed by atoms with Crippen molar-refractivity contribution in [3.05, 3.63) is 0 Å². The number of carbonyl (C=O) groups excluding carboxylic acids is 1.